The fourth-order valence-electron chi connectivity index (χ4n) is 1.22. The van der Waals surface area contributed by atoms with E-state index in [0.717, 1.165) is 0 Å². The molecule has 0 heterocycles. The van der Waals surface area contributed by atoms with Crippen molar-refractivity contribution in [3.63, 3.8) is 0 Å². The van der Waals surface area contributed by atoms with Gasteiger partial charge in [-0.05, 0) is 13.0 Å². The molecule has 0 saturated carbocycles. The highest BCUT2D eigenvalue weighted by Crippen LogP contribution is 2.27. The summed E-state index contributed by atoms with van der Waals surface area (Å²) in [6, 6.07) is 6.74. The van der Waals surface area contributed by atoms with Crippen molar-refractivity contribution in [2.45, 2.75) is 13.0 Å². The number of carbonyl (C=O) groups excluding carboxylic acids is 1. The van der Waals surface area contributed by atoms with Gasteiger partial charge in [-0.15, -0.1) is 0 Å². The second-order valence-corrected chi connectivity index (χ2v) is 3.58. The minimum atomic E-state index is -1.13. The zero-order chi connectivity index (χ0) is 12.1. The topological polar surface area (TPSA) is 46.5 Å². The van der Waals surface area contributed by atoms with Gasteiger partial charge in [0.05, 0.1) is 12.2 Å². The van der Waals surface area contributed by atoms with Crippen molar-refractivity contribution in [2.75, 3.05) is 6.61 Å². The van der Waals surface area contributed by atoms with Crippen molar-refractivity contribution in [3.05, 3.63) is 47.0 Å². The average molecular weight is 241 g/mol. The van der Waals surface area contributed by atoms with Gasteiger partial charge in [0.15, 0.2) is 0 Å². The average Bonchev–Trinajstić information content (AvgIpc) is 2.28. The Balaban J connectivity index is 2.86. The van der Waals surface area contributed by atoms with Gasteiger partial charge in [-0.25, -0.2) is 4.79 Å². The van der Waals surface area contributed by atoms with Gasteiger partial charge in [-0.2, -0.15) is 0 Å². The lowest BCUT2D eigenvalue weighted by atomic mass is 10.0. The van der Waals surface area contributed by atoms with Crippen LogP contribution in [0.25, 0.3) is 0 Å². The second kappa shape index (κ2) is 5.68. The van der Waals surface area contributed by atoms with Crippen LogP contribution < -0.4 is 0 Å². The molecule has 1 aromatic rings. The Labute approximate surface area is 99.3 Å². The van der Waals surface area contributed by atoms with E-state index >= 15 is 0 Å². The molecule has 0 unspecified atom stereocenters. The Morgan fingerprint density at radius 1 is 1.56 bits per heavy atom. The smallest absolute Gasteiger partial charge is 0.336 e. The summed E-state index contributed by atoms with van der Waals surface area (Å²) in [4.78, 5) is 11.3. The third kappa shape index (κ3) is 2.84. The molecule has 1 N–H and O–H groups in total. The molecular formula is C12H13ClO3. The first-order chi connectivity index (χ1) is 7.57. The number of aliphatic hydroxyl groups excluding tert-OH is 1. The number of aliphatic hydroxyl groups is 1. The maximum atomic E-state index is 11.3. The lowest BCUT2D eigenvalue weighted by Gasteiger charge is -2.14. The van der Waals surface area contributed by atoms with Gasteiger partial charge in [0.1, 0.15) is 6.10 Å². The summed E-state index contributed by atoms with van der Waals surface area (Å²) in [5.41, 5.74) is 0.428. The monoisotopic (exact) mass is 240 g/mol. The molecule has 4 heteroatoms. The normalized spacial score (nSPS) is 11.9. The number of ether oxygens (including phenoxy) is 1. The fraction of sp³-hybridized carbons (Fsp3) is 0.250. The van der Waals surface area contributed by atoms with E-state index in [4.69, 9.17) is 16.3 Å². The molecule has 0 aliphatic rings. The van der Waals surface area contributed by atoms with Gasteiger partial charge in [0.2, 0.25) is 0 Å². The van der Waals surface area contributed by atoms with Crippen molar-refractivity contribution in [1.82, 2.24) is 0 Å². The zero-order valence-corrected chi connectivity index (χ0v) is 9.70. The number of rotatable bonds is 4. The molecule has 0 saturated heterocycles. The predicted molar refractivity (Wildman–Crippen MR) is 62.2 cm³/mol. The van der Waals surface area contributed by atoms with Crippen LogP contribution in [0.4, 0.5) is 0 Å². The largest absolute Gasteiger partial charge is 0.463 e. The zero-order valence-electron chi connectivity index (χ0n) is 8.94. The first-order valence-corrected chi connectivity index (χ1v) is 5.24. The summed E-state index contributed by atoms with van der Waals surface area (Å²) in [6.45, 7) is 5.44. The first-order valence-electron chi connectivity index (χ1n) is 4.86. The number of benzene rings is 1. The summed E-state index contributed by atoms with van der Waals surface area (Å²) in [6.07, 6.45) is -1.13. The van der Waals surface area contributed by atoms with Crippen LogP contribution >= 0.6 is 11.6 Å². The number of hydrogen-bond donors (Lipinski definition) is 1. The molecule has 1 atom stereocenters. The van der Waals surface area contributed by atoms with E-state index in [-0.39, 0.29) is 12.2 Å². The third-order valence-electron chi connectivity index (χ3n) is 2.07. The molecule has 1 aromatic carbocycles. The molecule has 0 aliphatic carbocycles. The fourth-order valence-corrected chi connectivity index (χ4v) is 1.46. The Bertz CT molecular complexity index is 401. The van der Waals surface area contributed by atoms with Crippen LogP contribution in [0, 0.1) is 0 Å². The van der Waals surface area contributed by atoms with Crippen LogP contribution in [0.5, 0.6) is 0 Å². The van der Waals surface area contributed by atoms with Gasteiger partial charge in [0, 0.05) is 10.6 Å². The highest BCUT2D eigenvalue weighted by Gasteiger charge is 2.20. The van der Waals surface area contributed by atoms with Crippen LogP contribution in [0.15, 0.2) is 36.4 Å². The van der Waals surface area contributed by atoms with Crippen molar-refractivity contribution in [3.8, 4) is 0 Å². The van der Waals surface area contributed by atoms with Crippen LogP contribution in [-0.4, -0.2) is 17.7 Å². The van der Waals surface area contributed by atoms with Gasteiger partial charge in [-0.3, -0.25) is 0 Å². The number of halogens is 1. The summed E-state index contributed by atoms with van der Waals surface area (Å²) in [5, 5.41) is 10.3. The standard InChI is InChI=1S/C12H13ClO3/c1-3-16-12(15)8(2)11(14)9-6-4-5-7-10(9)13/h4-7,11,14H,2-3H2,1H3/t11-/m1/s1. The third-order valence-corrected chi connectivity index (χ3v) is 2.41. The molecule has 0 bridgehead atoms. The van der Waals surface area contributed by atoms with Gasteiger partial charge in [-0.1, -0.05) is 36.4 Å². The van der Waals surface area contributed by atoms with E-state index in [1.807, 2.05) is 0 Å². The van der Waals surface area contributed by atoms with Gasteiger partial charge in [0.25, 0.3) is 0 Å². The predicted octanol–water partition coefficient (Wildman–Crippen LogP) is 2.49. The molecule has 0 aliphatic heterocycles. The van der Waals surface area contributed by atoms with Gasteiger partial charge < -0.3 is 9.84 Å². The highest BCUT2D eigenvalue weighted by atomic mass is 35.5. The Hall–Kier alpha value is -1.32. The molecule has 0 aromatic heterocycles. The first kappa shape index (κ1) is 12.7. The Morgan fingerprint density at radius 3 is 2.75 bits per heavy atom. The van der Waals surface area contributed by atoms with E-state index < -0.39 is 12.1 Å². The maximum absolute atomic E-state index is 11.3. The van der Waals surface area contributed by atoms with Gasteiger partial charge >= 0.3 is 5.97 Å². The summed E-state index contributed by atoms with van der Waals surface area (Å²) < 4.78 is 4.74. The molecule has 3 nitrogen and oxygen atoms in total. The number of carbonyl (C=O) groups is 1. The Kier molecular flexibility index (Phi) is 4.52. The molecule has 1 rings (SSSR count). The minimum absolute atomic E-state index is 0.0186. The van der Waals surface area contributed by atoms with Crippen LogP contribution in [-0.2, 0) is 9.53 Å². The molecule has 0 amide bonds. The van der Waals surface area contributed by atoms with Crippen LogP contribution in [0.2, 0.25) is 5.02 Å². The molecule has 0 spiro atoms. The molecular weight excluding hydrogens is 228 g/mol. The summed E-state index contributed by atoms with van der Waals surface area (Å²) >= 11 is 5.89. The van der Waals surface area contributed by atoms with E-state index in [2.05, 4.69) is 6.58 Å². The van der Waals surface area contributed by atoms with E-state index in [1.54, 1.807) is 31.2 Å². The molecule has 86 valence electrons. The Morgan fingerprint density at radius 2 is 2.19 bits per heavy atom. The molecule has 16 heavy (non-hydrogen) atoms. The van der Waals surface area contributed by atoms with Crippen LogP contribution in [0.1, 0.15) is 18.6 Å². The van der Waals surface area contributed by atoms with Crippen molar-refractivity contribution < 1.29 is 14.6 Å². The maximum Gasteiger partial charge on any atom is 0.336 e. The van der Waals surface area contributed by atoms with Crippen molar-refractivity contribution in [1.29, 1.82) is 0 Å². The van der Waals surface area contributed by atoms with E-state index in [1.165, 1.54) is 0 Å². The minimum Gasteiger partial charge on any atom is -0.463 e. The SMILES string of the molecule is C=C(C(=O)OCC)[C@@H](O)c1ccccc1Cl. The quantitative estimate of drug-likeness (QED) is 0.650. The van der Waals surface area contributed by atoms with E-state index in [9.17, 15) is 9.90 Å². The molecule has 0 radical (unpaired) electrons. The van der Waals surface area contributed by atoms with E-state index in [0.29, 0.717) is 10.6 Å². The lowest BCUT2D eigenvalue weighted by molar-refractivity contribution is -0.139. The van der Waals surface area contributed by atoms with Crippen LogP contribution in [0.3, 0.4) is 0 Å². The van der Waals surface area contributed by atoms with Crippen molar-refractivity contribution in [2.24, 2.45) is 0 Å². The summed E-state index contributed by atoms with van der Waals surface area (Å²) in [5.74, 6) is -0.616. The highest BCUT2D eigenvalue weighted by molar-refractivity contribution is 6.31. The number of hydrogen-bond acceptors (Lipinski definition) is 3. The molecule has 0 fully saturated rings. The lowest BCUT2D eigenvalue weighted by Crippen LogP contribution is -2.13. The number of esters is 1. The van der Waals surface area contributed by atoms with Crippen molar-refractivity contribution >= 4 is 17.6 Å². The summed E-state index contributed by atoms with van der Waals surface area (Å²) in [7, 11) is 0. The second-order valence-electron chi connectivity index (χ2n) is 3.17.